The lowest BCUT2D eigenvalue weighted by Gasteiger charge is -2.36. The number of hydrogen-bond donors (Lipinski definition) is 1. The van der Waals surface area contributed by atoms with Crippen LogP contribution in [0.2, 0.25) is 5.02 Å². The number of halogens is 4. The highest BCUT2D eigenvalue weighted by atomic mass is 35.5. The van der Waals surface area contributed by atoms with Crippen LogP contribution in [0.4, 0.5) is 13.2 Å². The van der Waals surface area contributed by atoms with E-state index in [-0.39, 0.29) is 6.04 Å². The third-order valence-electron chi connectivity index (χ3n) is 4.13. The third kappa shape index (κ3) is 3.71. The summed E-state index contributed by atoms with van der Waals surface area (Å²) in [4.78, 5) is 6.25. The summed E-state index contributed by atoms with van der Waals surface area (Å²) in [7, 11) is 0. The molecule has 0 aliphatic carbocycles. The highest BCUT2D eigenvalue weighted by Gasteiger charge is 2.33. The highest BCUT2D eigenvalue weighted by Crippen LogP contribution is 2.38. The molecule has 1 aromatic carbocycles. The monoisotopic (exact) mass is 355 g/mol. The summed E-state index contributed by atoms with van der Waals surface area (Å²) in [5.74, 6) is 0. The van der Waals surface area contributed by atoms with Crippen LogP contribution in [0.5, 0.6) is 0 Å². The number of alkyl halides is 3. The minimum Gasteiger partial charge on any atom is -0.314 e. The van der Waals surface area contributed by atoms with Gasteiger partial charge in [-0.3, -0.25) is 9.88 Å². The van der Waals surface area contributed by atoms with Gasteiger partial charge >= 0.3 is 6.18 Å². The summed E-state index contributed by atoms with van der Waals surface area (Å²) in [6.45, 7) is 3.03. The van der Waals surface area contributed by atoms with Crippen molar-refractivity contribution in [1.29, 1.82) is 0 Å². The van der Waals surface area contributed by atoms with E-state index in [4.69, 9.17) is 11.6 Å². The van der Waals surface area contributed by atoms with E-state index in [1.807, 2.05) is 6.07 Å². The molecule has 0 radical (unpaired) electrons. The molecule has 128 valence electrons. The second-order valence-electron chi connectivity index (χ2n) is 5.71. The minimum absolute atomic E-state index is 0.329. The van der Waals surface area contributed by atoms with Crippen molar-refractivity contribution in [2.24, 2.45) is 0 Å². The first-order valence-corrected chi connectivity index (χ1v) is 8.06. The number of rotatable bonds is 3. The lowest BCUT2D eigenvalue weighted by Crippen LogP contribution is -2.45. The molecule has 3 nitrogen and oxygen atoms in total. The molecule has 24 heavy (non-hydrogen) atoms. The van der Waals surface area contributed by atoms with Gasteiger partial charge in [0.1, 0.15) is 0 Å². The van der Waals surface area contributed by atoms with Gasteiger partial charge in [-0.1, -0.05) is 17.7 Å². The Morgan fingerprint density at radius 1 is 1.17 bits per heavy atom. The minimum atomic E-state index is -4.40. The van der Waals surface area contributed by atoms with E-state index in [0.29, 0.717) is 10.6 Å². The van der Waals surface area contributed by atoms with Crippen molar-refractivity contribution in [3.63, 3.8) is 0 Å². The summed E-state index contributed by atoms with van der Waals surface area (Å²) in [5, 5.41) is 3.58. The first kappa shape index (κ1) is 17.2. The van der Waals surface area contributed by atoms with Gasteiger partial charge in [0.05, 0.1) is 11.6 Å². The van der Waals surface area contributed by atoms with E-state index < -0.39 is 11.7 Å². The molecule has 1 fully saturated rings. The van der Waals surface area contributed by atoms with Gasteiger partial charge < -0.3 is 5.32 Å². The molecule has 1 saturated heterocycles. The SMILES string of the molecule is FC(F)(F)c1ccc(Cl)c(C(c2cccnc2)N2CCNCC2)c1. The largest absolute Gasteiger partial charge is 0.416 e. The molecule has 2 aromatic rings. The van der Waals surface area contributed by atoms with Gasteiger partial charge in [-0.25, -0.2) is 0 Å². The van der Waals surface area contributed by atoms with Crippen molar-refractivity contribution >= 4 is 11.6 Å². The Balaban J connectivity index is 2.08. The molecule has 0 saturated carbocycles. The Bertz CT molecular complexity index is 685. The first-order chi connectivity index (χ1) is 11.5. The molecule has 1 aliphatic rings. The van der Waals surface area contributed by atoms with Gasteiger partial charge in [-0.2, -0.15) is 13.2 Å². The van der Waals surface area contributed by atoms with Crippen LogP contribution in [0.15, 0.2) is 42.7 Å². The molecular weight excluding hydrogens is 339 g/mol. The van der Waals surface area contributed by atoms with Gasteiger partial charge in [0.25, 0.3) is 0 Å². The van der Waals surface area contributed by atoms with E-state index >= 15 is 0 Å². The fraction of sp³-hybridized carbons (Fsp3) is 0.353. The molecule has 0 bridgehead atoms. The zero-order chi connectivity index (χ0) is 17.2. The second kappa shape index (κ2) is 7.09. The Kier molecular flexibility index (Phi) is 5.08. The molecule has 2 heterocycles. The Labute approximate surface area is 143 Å². The molecule has 0 spiro atoms. The van der Waals surface area contributed by atoms with Gasteiger partial charge in [0.15, 0.2) is 0 Å². The average Bonchev–Trinajstić information content (AvgIpc) is 2.58. The van der Waals surface area contributed by atoms with Crippen molar-refractivity contribution in [3.8, 4) is 0 Å². The third-order valence-corrected chi connectivity index (χ3v) is 4.48. The lowest BCUT2D eigenvalue weighted by molar-refractivity contribution is -0.137. The molecular formula is C17H17ClF3N3. The predicted octanol–water partition coefficient (Wildman–Crippen LogP) is 3.75. The smallest absolute Gasteiger partial charge is 0.314 e. The number of pyridine rings is 1. The van der Waals surface area contributed by atoms with E-state index in [1.165, 1.54) is 6.07 Å². The van der Waals surface area contributed by atoms with Crippen molar-refractivity contribution in [2.45, 2.75) is 12.2 Å². The van der Waals surface area contributed by atoms with Crippen LogP contribution >= 0.6 is 11.6 Å². The lowest BCUT2D eigenvalue weighted by atomic mass is 9.96. The molecule has 3 rings (SSSR count). The number of nitrogens with zero attached hydrogens (tertiary/aromatic N) is 2. The van der Waals surface area contributed by atoms with Crippen molar-refractivity contribution in [2.75, 3.05) is 26.2 Å². The van der Waals surface area contributed by atoms with Crippen LogP contribution < -0.4 is 5.32 Å². The van der Waals surface area contributed by atoms with E-state index in [1.54, 1.807) is 18.5 Å². The highest BCUT2D eigenvalue weighted by molar-refractivity contribution is 6.31. The summed E-state index contributed by atoms with van der Waals surface area (Å²) in [6.07, 6.45) is -1.07. The quantitative estimate of drug-likeness (QED) is 0.909. The maximum Gasteiger partial charge on any atom is 0.416 e. The zero-order valence-corrected chi connectivity index (χ0v) is 13.6. The fourth-order valence-electron chi connectivity index (χ4n) is 2.99. The van der Waals surface area contributed by atoms with Crippen LogP contribution in [-0.4, -0.2) is 36.1 Å². The number of benzene rings is 1. The number of piperazine rings is 1. The number of hydrogen-bond acceptors (Lipinski definition) is 3. The average molecular weight is 356 g/mol. The molecule has 7 heteroatoms. The summed E-state index contributed by atoms with van der Waals surface area (Å²) < 4.78 is 39.4. The topological polar surface area (TPSA) is 28.2 Å². The van der Waals surface area contributed by atoms with Crippen LogP contribution in [0.3, 0.4) is 0 Å². The standard InChI is InChI=1S/C17H17ClF3N3/c18-15-4-3-13(17(19,20)21)10-14(15)16(12-2-1-5-23-11-12)24-8-6-22-7-9-24/h1-5,10-11,16,22H,6-9H2. The predicted molar refractivity (Wildman–Crippen MR) is 87.0 cm³/mol. The first-order valence-electron chi connectivity index (χ1n) is 7.68. The van der Waals surface area contributed by atoms with Gasteiger partial charge in [-0.15, -0.1) is 0 Å². The van der Waals surface area contributed by atoms with Crippen LogP contribution in [-0.2, 0) is 6.18 Å². The molecule has 1 aliphatic heterocycles. The van der Waals surface area contributed by atoms with E-state index in [0.717, 1.165) is 43.9 Å². The number of aromatic nitrogens is 1. The molecule has 1 unspecified atom stereocenters. The van der Waals surface area contributed by atoms with E-state index in [9.17, 15) is 13.2 Å². The fourth-order valence-corrected chi connectivity index (χ4v) is 3.22. The Hall–Kier alpha value is -1.63. The van der Waals surface area contributed by atoms with Crippen molar-refractivity contribution in [3.05, 3.63) is 64.4 Å². The summed E-state index contributed by atoms with van der Waals surface area (Å²) in [5.41, 5.74) is 0.605. The van der Waals surface area contributed by atoms with Crippen LogP contribution in [0, 0.1) is 0 Å². The van der Waals surface area contributed by atoms with Gasteiger partial charge in [0, 0.05) is 43.6 Å². The van der Waals surface area contributed by atoms with Crippen LogP contribution in [0.25, 0.3) is 0 Å². The Morgan fingerprint density at radius 2 is 1.92 bits per heavy atom. The summed E-state index contributed by atoms with van der Waals surface area (Å²) >= 11 is 6.28. The van der Waals surface area contributed by atoms with Gasteiger partial charge in [0.2, 0.25) is 0 Å². The zero-order valence-electron chi connectivity index (χ0n) is 12.9. The number of nitrogens with one attached hydrogen (secondary N) is 1. The van der Waals surface area contributed by atoms with Crippen molar-refractivity contribution in [1.82, 2.24) is 15.2 Å². The molecule has 1 atom stereocenters. The molecule has 0 amide bonds. The van der Waals surface area contributed by atoms with Crippen molar-refractivity contribution < 1.29 is 13.2 Å². The Morgan fingerprint density at radius 3 is 2.54 bits per heavy atom. The van der Waals surface area contributed by atoms with Gasteiger partial charge in [-0.05, 0) is 35.4 Å². The molecule has 1 aromatic heterocycles. The summed E-state index contributed by atoms with van der Waals surface area (Å²) in [6, 6.07) is 6.80. The normalized spacial score (nSPS) is 17.7. The maximum absolute atomic E-state index is 13.1. The second-order valence-corrected chi connectivity index (χ2v) is 6.12. The van der Waals surface area contributed by atoms with E-state index in [2.05, 4.69) is 15.2 Å². The van der Waals surface area contributed by atoms with Crippen LogP contribution in [0.1, 0.15) is 22.7 Å². The molecule has 1 N–H and O–H groups in total. The maximum atomic E-state index is 13.1.